The lowest BCUT2D eigenvalue weighted by molar-refractivity contribution is 0.0204. The first-order valence-corrected chi connectivity index (χ1v) is 11.1. The molecule has 1 heterocycles. The van der Waals surface area contributed by atoms with Crippen LogP contribution in [0.4, 0.5) is 4.79 Å². The molecular formula is C20H29NO6S. The molecule has 1 aliphatic rings. The normalized spacial score (nSPS) is 16.0. The zero-order valence-electron chi connectivity index (χ0n) is 17.4. The molecule has 1 aromatic rings. The standard InChI is InChI=1S/C20H29NO6S/c1-13-11-16(17(28(6,24)25)12-15(13)18(22)26-5)14-7-9-21(10-8-14)19(23)27-20(2,3)4/h11-12,14H,7-10H2,1-6H3. The van der Waals surface area contributed by atoms with Gasteiger partial charge in [-0.3, -0.25) is 0 Å². The molecule has 0 aromatic heterocycles. The number of likely N-dealkylation sites (tertiary alicyclic amines) is 1. The van der Waals surface area contributed by atoms with Crippen LogP contribution in [0.5, 0.6) is 0 Å². The zero-order chi connectivity index (χ0) is 21.3. The number of amides is 1. The van der Waals surface area contributed by atoms with Gasteiger partial charge < -0.3 is 14.4 Å². The summed E-state index contributed by atoms with van der Waals surface area (Å²) in [5, 5.41) is 0. The van der Waals surface area contributed by atoms with Gasteiger partial charge in [-0.25, -0.2) is 18.0 Å². The van der Waals surface area contributed by atoms with Crippen LogP contribution in [-0.2, 0) is 19.3 Å². The molecule has 1 fully saturated rings. The second-order valence-corrected chi connectivity index (χ2v) is 10.2. The van der Waals surface area contributed by atoms with Gasteiger partial charge in [0.2, 0.25) is 0 Å². The van der Waals surface area contributed by atoms with Crippen molar-refractivity contribution in [3.8, 4) is 0 Å². The maximum atomic E-state index is 12.4. The first kappa shape index (κ1) is 22.2. The van der Waals surface area contributed by atoms with Crippen LogP contribution < -0.4 is 0 Å². The summed E-state index contributed by atoms with van der Waals surface area (Å²) >= 11 is 0. The smallest absolute Gasteiger partial charge is 0.410 e. The number of benzene rings is 1. The fourth-order valence-electron chi connectivity index (χ4n) is 3.38. The number of hydrogen-bond acceptors (Lipinski definition) is 6. The van der Waals surface area contributed by atoms with E-state index in [1.165, 1.54) is 13.2 Å². The molecule has 0 spiro atoms. The Morgan fingerprint density at radius 2 is 1.71 bits per heavy atom. The van der Waals surface area contributed by atoms with Gasteiger partial charge in [0.15, 0.2) is 9.84 Å². The number of aryl methyl sites for hydroxylation is 1. The van der Waals surface area contributed by atoms with Gasteiger partial charge in [-0.2, -0.15) is 0 Å². The van der Waals surface area contributed by atoms with Crippen LogP contribution in [0.3, 0.4) is 0 Å². The van der Waals surface area contributed by atoms with Crippen molar-refractivity contribution >= 4 is 21.9 Å². The first-order chi connectivity index (χ1) is 12.8. The van der Waals surface area contributed by atoms with Crippen molar-refractivity contribution in [1.82, 2.24) is 4.90 Å². The predicted molar refractivity (Wildman–Crippen MR) is 105 cm³/mol. The fraction of sp³-hybridized carbons (Fsp3) is 0.600. The van der Waals surface area contributed by atoms with E-state index in [0.717, 1.165) is 6.26 Å². The number of nitrogens with zero attached hydrogens (tertiary/aromatic N) is 1. The molecule has 28 heavy (non-hydrogen) atoms. The quantitative estimate of drug-likeness (QED) is 0.709. The van der Waals surface area contributed by atoms with E-state index in [2.05, 4.69) is 0 Å². The van der Waals surface area contributed by atoms with Crippen molar-refractivity contribution in [3.63, 3.8) is 0 Å². The minimum absolute atomic E-state index is 0.0196. The number of carbonyl (C=O) groups excluding carboxylic acids is 2. The molecule has 0 N–H and O–H groups in total. The van der Waals surface area contributed by atoms with Crippen molar-refractivity contribution in [3.05, 3.63) is 28.8 Å². The summed E-state index contributed by atoms with van der Waals surface area (Å²) in [4.78, 5) is 26.0. The maximum Gasteiger partial charge on any atom is 0.410 e. The van der Waals surface area contributed by atoms with Gasteiger partial charge in [0, 0.05) is 19.3 Å². The van der Waals surface area contributed by atoms with Gasteiger partial charge in [-0.15, -0.1) is 0 Å². The molecule has 1 aromatic carbocycles. The summed E-state index contributed by atoms with van der Waals surface area (Å²) in [6.07, 6.45) is 2.03. The maximum absolute atomic E-state index is 12.4. The minimum Gasteiger partial charge on any atom is -0.465 e. The van der Waals surface area contributed by atoms with Crippen molar-refractivity contribution in [1.29, 1.82) is 0 Å². The topological polar surface area (TPSA) is 90.0 Å². The Morgan fingerprint density at radius 3 is 2.18 bits per heavy atom. The Hall–Kier alpha value is -2.09. The highest BCUT2D eigenvalue weighted by atomic mass is 32.2. The number of methoxy groups -OCH3 is 1. The van der Waals surface area contributed by atoms with Crippen LogP contribution in [0.1, 0.15) is 61.0 Å². The number of piperidine rings is 1. The van der Waals surface area contributed by atoms with E-state index in [1.807, 2.05) is 20.8 Å². The van der Waals surface area contributed by atoms with E-state index in [9.17, 15) is 18.0 Å². The molecular weight excluding hydrogens is 382 g/mol. The summed E-state index contributed by atoms with van der Waals surface area (Å²) < 4.78 is 34.9. The molecule has 7 nitrogen and oxygen atoms in total. The van der Waals surface area contributed by atoms with Crippen LogP contribution >= 0.6 is 0 Å². The average Bonchev–Trinajstić information content (AvgIpc) is 2.58. The second kappa shape index (κ2) is 8.11. The van der Waals surface area contributed by atoms with Crippen LogP contribution in [0.2, 0.25) is 0 Å². The van der Waals surface area contributed by atoms with Gasteiger partial charge in [0.1, 0.15) is 5.60 Å². The summed E-state index contributed by atoms with van der Waals surface area (Å²) in [5.74, 6) is -0.581. The second-order valence-electron chi connectivity index (χ2n) is 8.21. The van der Waals surface area contributed by atoms with Crippen LogP contribution in [0.25, 0.3) is 0 Å². The summed E-state index contributed by atoms with van der Waals surface area (Å²) in [6, 6.07) is 3.17. The summed E-state index contributed by atoms with van der Waals surface area (Å²) in [6.45, 7) is 8.20. The lowest BCUT2D eigenvalue weighted by atomic mass is 9.87. The van der Waals surface area contributed by atoms with Gasteiger partial charge in [0.05, 0.1) is 17.6 Å². The van der Waals surface area contributed by atoms with E-state index in [4.69, 9.17) is 9.47 Å². The monoisotopic (exact) mass is 411 g/mol. The molecule has 0 bridgehead atoms. The molecule has 0 unspecified atom stereocenters. The molecule has 0 atom stereocenters. The SMILES string of the molecule is COC(=O)c1cc(S(C)(=O)=O)c(C2CCN(C(=O)OC(C)(C)C)CC2)cc1C. The largest absolute Gasteiger partial charge is 0.465 e. The van der Waals surface area contributed by atoms with Crippen LogP contribution in [0, 0.1) is 6.92 Å². The van der Waals surface area contributed by atoms with E-state index >= 15 is 0 Å². The van der Waals surface area contributed by atoms with Gasteiger partial charge in [-0.05, 0) is 63.6 Å². The third-order valence-electron chi connectivity index (χ3n) is 4.75. The highest BCUT2D eigenvalue weighted by molar-refractivity contribution is 7.90. The fourth-order valence-corrected chi connectivity index (χ4v) is 4.37. The van der Waals surface area contributed by atoms with E-state index < -0.39 is 21.4 Å². The Labute approximate surface area is 166 Å². The zero-order valence-corrected chi connectivity index (χ0v) is 18.2. The molecule has 1 aliphatic heterocycles. The lowest BCUT2D eigenvalue weighted by Gasteiger charge is -2.34. The molecule has 0 saturated carbocycles. The van der Waals surface area contributed by atoms with Crippen molar-refractivity contribution in [2.45, 2.75) is 57.0 Å². The summed E-state index contributed by atoms with van der Waals surface area (Å²) in [7, 11) is -2.26. The molecule has 1 amide bonds. The lowest BCUT2D eigenvalue weighted by Crippen LogP contribution is -2.41. The Balaban J connectivity index is 2.28. The predicted octanol–water partition coefficient (Wildman–Crippen LogP) is 3.30. The Bertz CT molecular complexity index is 861. The van der Waals surface area contributed by atoms with E-state index in [1.54, 1.807) is 17.9 Å². The van der Waals surface area contributed by atoms with Crippen molar-refractivity contribution < 1.29 is 27.5 Å². The van der Waals surface area contributed by atoms with Crippen molar-refractivity contribution in [2.24, 2.45) is 0 Å². The van der Waals surface area contributed by atoms with Crippen molar-refractivity contribution in [2.75, 3.05) is 26.5 Å². The summed E-state index contributed by atoms with van der Waals surface area (Å²) in [5.41, 5.74) is 1.05. The molecule has 8 heteroatoms. The molecule has 2 rings (SSSR count). The van der Waals surface area contributed by atoms with E-state index in [0.29, 0.717) is 37.1 Å². The number of sulfone groups is 1. The molecule has 1 saturated heterocycles. The third-order valence-corrected chi connectivity index (χ3v) is 5.90. The Kier molecular flexibility index (Phi) is 6.43. The number of hydrogen-bond donors (Lipinski definition) is 0. The van der Waals surface area contributed by atoms with E-state index in [-0.39, 0.29) is 22.5 Å². The Morgan fingerprint density at radius 1 is 1.14 bits per heavy atom. The average molecular weight is 412 g/mol. The van der Waals surface area contributed by atoms with Gasteiger partial charge in [0.25, 0.3) is 0 Å². The highest BCUT2D eigenvalue weighted by Gasteiger charge is 2.30. The molecule has 156 valence electrons. The highest BCUT2D eigenvalue weighted by Crippen LogP contribution is 2.35. The molecule has 0 aliphatic carbocycles. The van der Waals surface area contributed by atoms with Gasteiger partial charge >= 0.3 is 12.1 Å². The van der Waals surface area contributed by atoms with Crippen LogP contribution in [-0.4, -0.2) is 57.4 Å². The molecule has 0 radical (unpaired) electrons. The number of ether oxygens (including phenoxy) is 2. The first-order valence-electron chi connectivity index (χ1n) is 9.24. The number of esters is 1. The number of rotatable bonds is 3. The minimum atomic E-state index is -3.53. The van der Waals surface area contributed by atoms with Crippen LogP contribution in [0.15, 0.2) is 17.0 Å². The van der Waals surface area contributed by atoms with Gasteiger partial charge in [-0.1, -0.05) is 6.07 Å². The number of carbonyl (C=O) groups is 2. The third kappa shape index (κ3) is 5.25.